The molecular formula is C22H26N2O5. The largest absolute Gasteiger partial charge is 0.443 e. The number of rotatable bonds is 7. The summed E-state index contributed by atoms with van der Waals surface area (Å²) in [5.74, 6) is 0.767. The van der Waals surface area contributed by atoms with E-state index >= 15 is 0 Å². The molecule has 0 aliphatic carbocycles. The number of nitrogens with zero attached hydrogens (tertiary/aromatic N) is 2. The second kappa shape index (κ2) is 8.49. The predicted octanol–water partition coefficient (Wildman–Crippen LogP) is 2.37. The molecule has 3 aromatic rings. The normalized spacial score (nSPS) is 21.8. The van der Waals surface area contributed by atoms with Crippen LogP contribution in [0.5, 0.6) is 0 Å². The molecule has 3 atom stereocenters. The van der Waals surface area contributed by atoms with Crippen LogP contribution in [0.4, 0.5) is 0 Å². The number of aliphatic hydroxyl groups excluding tert-OH is 2. The van der Waals surface area contributed by atoms with Crippen molar-refractivity contribution in [3.05, 3.63) is 63.9 Å². The molecule has 3 heterocycles. The van der Waals surface area contributed by atoms with Crippen LogP contribution in [0.25, 0.3) is 11.1 Å². The lowest BCUT2D eigenvalue weighted by molar-refractivity contribution is -0.0457. The summed E-state index contributed by atoms with van der Waals surface area (Å²) in [4.78, 5) is 16.4. The summed E-state index contributed by atoms with van der Waals surface area (Å²) in [5, 5.41) is 19.9. The smallest absolute Gasteiger partial charge is 0.353 e. The summed E-state index contributed by atoms with van der Waals surface area (Å²) in [6, 6.07) is 10.5. The summed E-state index contributed by atoms with van der Waals surface area (Å²) in [7, 11) is 0. The topological polar surface area (TPSA) is 97.7 Å². The van der Waals surface area contributed by atoms with Crippen LogP contribution in [0.2, 0.25) is 0 Å². The quantitative estimate of drug-likeness (QED) is 0.634. The van der Waals surface area contributed by atoms with Gasteiger partial charge in [0.05, 0.1) is 18.1 Å². The van der Waals surface area contributed by atoms with Crippen molar-refractivity contribution in [2.75, 3.05) is 6.61 Å². The van der Waals surface area contributed by atoms with E-state index in [9.17, 15) is 15.0 Å². The molecule has 0 amide bonds. The van der Waals surface area contributed by atoms with Crippen LogP contribution < -0.4 is 5.69 Å². The standard InChI is InChI=1S/C22H26N2O5/c1-2-3-14-4-6-15(7-5-14)8-9-17-10-16-12-24(22(27)23-21(16)28-17)20-11-18(26)19(13-25)29-20/h4-7,10,12,18-20,25-26H,2-3,8-9,11,13H2,1H3/t18-,19+,20+/m0/s1. The third-order valence-electron chi connectivity index (χ3n) is 5.40. The molecular weight excluding hydrogens is 372 g/mol. The van der Waals surface area contributed by atoms with Crippen molar-refractivity contribution in [2.45, 2.75) is 57.5 Å². The SMILES string of the molecule is CCCc1ccc(CCc2cc3cn([C@H]4C[C@H](O)[C@@H](CO)O4)c(=O)nc3o2)cc1. The van der Waals surface area contributed by atoms with E-state index in [0.29, 0.717) is 17.5 Å². The van der Waals surface area contributed by atoms with Gasteiger partial charge < -0.3 is 19.4 Å². The first-order chi connectivity index (χ1) is 14.1. The van der Waals surface area contributed by atoms with Gasteiger partial charge in [0.1, 0.15) is 18.1 Å². The Bertz CT molecular complexity index is 1020. The van der Waals surface area contributed by atoms with Gasteiger partial charge in [-0.1, -0.05) is 37.6 Å². The lowest BCUT2D eigenvalue weighted by atomic mass is 10.0. The van der Waals surface area contributed by atoms with Gasteiger partial charge in [-0.05, 0) is 30.0 Å². The number of benzene rings is 1. The van der Waals surface area contributed by atoms with Crippen LogP contribution in [0.1, 0.15) is 42.9 Å². The lowest BCUT2D eigenvalue weighted by Crippen LogP contribution is -2.27. The highest BCUT2D eigenvalue weighted by molar-refractivity contribution is 5.72. The Hall–Kier alpha value is -2.48. The van der Waals surface area contributed by atoms with E-state index in [1.165, 1.54) is 15.7 Å². The van der Waals surface area contributed by atoms with Gasteiger partial charge in [-0.3, -0.25) is 4.57 Å². The van der Waals surface area contributed by atoms with Crippen molar-refractivity contribution in [3.63, 3.8) is 0 Å². The molecule has 1 saturated heterocycles. The zero-order chi connectivity index (χ0) is 20.4. The molecule has 1 aliphatic heterocycles. The van der Waals surface area contributed by atoms with Gasteiger partial charge in [0, 0.05) is 19.0 Å². The van der Waals surface area contributed by atoms with Crippen LogP contribution in [0.15, 0.2) is 45.7 Å². The summed E-state index contributed by atoms with van der Waals surface area (Å²) in [6.07, 6.45) is 3.52. The predicted molar refractivity (Wildman–Crippen MR) is 108 cm³/mol. The van der Waals surface area contributed by atoms with Crippen molar-refractivity contribution in [1.29, 1.82) is 0 Å². The number of hydrogen-bond acceptors (Lipinski definition) is 6. The first-order valence-corrected chi connectivity index (χ1v) is 10.1. The molecule has 7 heteroatoms. The van der Waals surface area contributed by atoms with Gasteiger partial charge in [0.15, 0.2) is 0 Å². The fourth-order valence-corrected chi connectivity index (χ4v) is 3.79. The summed E-state index contributed by atoms with van der Waals surface area (Å²) in [6.45, 7) is 1.88. The van der Waals surface area contributed by atoms with E-state index in [-0.39, 0.29) is 13.0 Å². The van der Waals surface area contributed by atoms with Crippen molar-refractivity contribution < 1.29 is 19.4 Å². The van der Waals surface area contributed by atoms with Crippen LogP contribution in [-0.4, -0.2) is 38.6 Å². The minimum Gasteiger partial charge on any atom is -0.443 e. The molecule has 0 spiro atoms. The Morgan fingerprint density at radius 1 is 1.17 bits per heavy atom. The van der Waals surface area contributed by atoms with E-state index in [2.05, 4.69) is 36.2 Å². The van der Waals surface area contributed by atoms with E-state index in [1.807, 2.05) is 6.07 Å². The minimum absolute atomic E-state index is 0.233. The molecule has 29 heavy (non-hydrogen) atoms. The molecule has 0 radical (unpaired) electrons. The maximum absolute atomic E-state index is 12.4. The van der Waals surface area contributed by atoms with E-state index in [0.717, 1.165) is 25.0 Å². The average Bonchev–Trinajstić information content (AvgIpc) is 3.29. The molecule has 1 aromatic carbocycles. The fourth-order valence-electron chi connectivity index (χ4n) is 3.79. The number of aromatic nitrogens is 2. The van der Waals surface area contributed by atoms with Crippen molar-refractivity contribution in [3.8, 4) is 0 Å². The monoisotopic (exact) mass is 398 g/mol. The van der Waals surface area contributed by atoms with Gasteiger partial charge in [-0.2, -0.15) is 4.98 Å². The first kappa shape index (κ1) is 19.8. The molecule has 0 unspecified atom stereocenters. The van der Waals surface area contributed by atoms with Crippen molar-refractivity contribution >= 4 is 11.1 Å². The van der Waals surface area contributed by atoms with E-state index in [4.69, 9.17) is 9.15 Å². The van der Waals surface area contributed by atoms with Crippen LogP contribution in [-0.2, 0) is 24.0 Å². The Morgan fingerprint density at radius 3 is 2.55 bits per heavy atom. The average molecular weight is 398 g/mol. The van der Waals surface area contributed by atoms with Gasteiger partial charge in [-0.15, -0.1) is 0 Å². The van der Waals surface area contributed by atoms with Gasteiger partial charge >= 0.3 is 5.69 Å². The highest BCUT2D eigenvalue weighted by atomic mass is 16.5. The second-order valence-electron chi connectivity index (χ2n) is 7.59. The zero-order valence-electron chi connectivity index (χ0n) is 16.5. The summed E-state index contributed by atoms with van der Waals surface area (Å²) in [5.41, 5.74) is 2.39. The van der Waals surface area contributed by atoms with Crippen molar-refractivity contribution in [2.24, 2.45) is 0 Å². The summed E-state index contributed by atoms with van der Waals surface area (Å²) >= 11 is 0. The molecule has 7 nitrogen and oxygen atoms in total. The van der Waals surface area contributed by atoms with Crippen LogP contribution in [0, 0.1) is 0 Å². The molecule has 1 aliphatic rings. The molecule has 2 N–H and O–H groups in total. The maximum atomic E-state index is 12.4. The minimum atomic E-state index is -0.809. The highest BCUT2D eigenvalue weighted by Crippen LogP contribution is 2.28. The first-order valence-electron chi connectivity index (χ1n) is 10.1. The number of fused-ring (bicyclic) bond motifs is 1. The number of hydrogen-bond donors (Lipinski definition) is 2. The molecule has 154 valence electrons. The van der Waals surface area contributed by atoms with Gasteiger partial charge in [0.25, 0.3) is 0 Å². The zero-order valence-corrected chi connectivity index (χ0v) is 16.5. The van der Waals surface area contributed by atoms with E-state index in [1.54, 1.807) is 6.20 Å². The molecule has 0 saturated carbocycles. The lowest BCUT2D eigenvalue weighted by Gasteiger charge is -2.13. The molecule has 4 rings (SSSR count). The Morgan fingerprint density at radius 2 is 1.90 bits per heavy atom. The Balaban J connectivity index is 1.48. The Kier molecular flexibility index (Phi) is 5.80. The third-order valence-corrected chi connectivity index (χ3v) is 5.40. The molecule has 0 bridgehead atoms. The fraction of sp³-hybridized carbons (Fsp3) is 0.455. The second-order valence-corrected chi connectivity index (χ2v) is 7.59. The number of aryl methyl sites for hydroxylation is 3. The highest BCUT2D eigenvalue weighted by Gasteiger charge is 2.35. The third kappa shape index (κ3) is 4.27. The maximum Gasteiger partial charge on any atom is 0.353 e. The number of ether oxygens (including phenoxy) is 1. The number of aliphatic hydroxyl groups is 2. The molecule has 2 aromatic heterocycles. The molecule has 1 fully saturated rings. The van der Waals surface area contributed by atoms with Gasteiger partial charge in [0.2, 0.25) is 5.71 Å². The Labute approximate surface area is 168 Å². The van der Waals surface area contributed by atoms with Crippen LogP contribution >= 0.6 is 0 Å². The van der Waals surface area contributed by atoms with Gasteiger partial charge in [-0.25, -0.2) is 4.79 Å². The van der Waals surface area contributed by atoms with E-state index < -0.39 is 24.1 Å². The summed E-state index contributed by atoms with van der Waals surface area (Å²) < 4.78 is 12.7. The van der Waals surface area contributed by atoms with Crippen LogP contribution in [0.3, 0.4) is 0 Å². The number of furan rings is 1. The van der Waals surface area contributed by atoms with Crippen molar-refractivity contribution in [1.82, 2.24) is 9.55 Å².